The molecule has 0 aliphatic carbocycles. The quantitative estimate of drug-likeness (QED) is 0.0533. The van der Waals surface area contributed by atoms with Crippen molar-refractivity contribution >= 4 is 14.3 Å². The molecule has 1 aliphatic heterocycles. The molecule has 1 fully saturated rings. The molecule has 1 N–H and O–H groups in total. The molecule has 4 atom stereocenters. The average Bonchev–Trinajstić information content (AvgIpc) is 3.60. The van der Waals surface area contributed by atoms with Crippen LogP contribution in [0.5, 0.6) is 0 Å². The third-order valence-corrected chi connectivity index (χ3v) is 11.7. The molecule has 0 radical (unpaired) electrons. The van der Waals surface area contributed by atoms with Gasteiger partial charge in [0.15, 0.2) is 0 Å². The van der Waals surface area contributed by atoms with E-state index in [9.17, 15) is 10.1 Å². The largest absolute Gasteiger partial charge is 0.366 e. The lowest BCUT2D eigenvalue weighted by Crippen LogP contribution is -2.39. The van der Waals surface area contributed by atoms with Gasteiger partial charge >= 0.3 is 5.69 Å². The minimum Gasteiger partial charge on any atom is -0.366 e. The first-order valence-electron chi connectivity index (χ1n) is 18.9. The van der Waals surface area contributed by atoms with Crippen LogP contribution in [0.4, 0.5) is 5.82 Å². The predicted octanol–water partition coefficient (Wildman–Crippen LogP) is 8.81. The predicted molar refractivity (Wildman–Crippen MR) is 216 cm³/mol. The Morgan fingerprint density at radius 2 is 1.42 bits per heavy atom. The highest BCUT2D eigenvalue weighted by Crippen LogP contribution is 2.50. The number of rotatable bonds is 18. The number of benzene rings is 4. The number of nitrogens with one attached hydrogen (secondary N) is 1. The van der Waals surface area contributed by atoms with Gasteiger partial charge in [-0.25, -0.2) is 9.46 Å². The fourth-order valence-electron chi connectivity index (χ4n) is 7.04. The Morgan fingerprint density at radius 3 is 1.93 bits per heavy atom. The number of nitrogens with zero attached hydrogens (tertiary/aromatic N) is 4. The van der Waals surface area contributed by atoms with E-state index in [1.165, 1.54) is 4.57 Å². The van der Waals surface area contributed by atoms with Crippen molar-refractivity contribution in [2.75, 3.05) is 18.5 Å². The summed E-state index contributed by atoms with van der Waals surface area (Å²) in [5, 5.41) is 12.6. The van der Waals surface area contributed by atoms with Gasteiger partial charge in [0.25, 0.3) is 8.53 Å². The van der Waals surface area contributed by atoms with Gasteiger partial charge in [0.1, 0.15) is 23.8 Å². The molecule has 1 unspecified atom stereocenters. The molecular formula is C44H50N5O5P. The number of hydrogen-bond acceptors (Lipinski definition) is 9. The van der Waals surface area contributed by atoms with Crippen molar-refractivity contribution in [3.05, 3.63) is 166 Å². The number of anilines is 1. The lowest BCUT2D eigenvalue weighted by atomic mass is 9.80. The molecule has 286 valence electrons. The molecule has 1 saturated heterocycles. The first-order chi connectivity index (χ1) is 26.8. The van der Waals surface area contributed by atoms with Gasteiger partial charge in [-0.2, -0.15) is 10.2 Å². The summed E-state index contributed by atoms with van der Waals surface area (Å²) >= 11 is 0. The Labute approximate surface area is 325 Å². The average molecular weight is 760 g/mol. The first kappa shape index (κ1) is 40.0. The van der Waals surface area contributed by atoms with Crippen LogP contribution in [0.2, 0.25) is 0 Å². The van der Waals surface area contributed by atoms with E-state index >= 15 is 0 Å². The SMILES string of the molecule is CC(C)N(C(C)C)P(OCCC#N)O[C@@H]1C[C@H](n2ccc(NCc3ccccc3)nc2=O)O[C@@H]1COC(c1ccccc1)(c1ccccc1)c1ccccc1. The Kier molecular flexibility index (Phi) is 14.0. The van der Waals surface area contributed by atoms with Crippen molar-refractivity contribution in [1.29, 1.82) is 5.26 Å². The van der Waals surface area contributed by atoms with Crippen LogP contribution in [0.25, 0.3) is 0 Å². The molecule has 11 heteroatoms. The van der Waals surface area contributed by atoms with E-state index in [2.05, 4.69) is 85.1 Å². The molecule has 0 amide bonds. The van der Waals surface area contributed by atoms with Gasteiger partial charge in [0.2, 0.25) is 0 Å². The maximum atomic E-state index is 13.6. The van der Waals surface area contributed by atoms with Crippen LogP contribution in [-0.2, 0) is 30.7 Å². The second-order valence-corrected chi connectivity index (χ2v) is 15.4. The van der Waals surface area contributed by atoms with Crippen LogP contribution >= 0.6 is 8.53 Å². The maximum absolute atomic E-state index is 13.6. The Morgan fingerprint density at radius 1 is 0.873 bits per heavy atom. The molecule has 4 aromatic carbocycles. The number of hydrogen-bond donors (Lipinski definition) is 1. The second kappa shape index (κ2) is 19.2. The number of nitriles is 1. The molecule has 5 aromatic rings. The van der Waals surface area contributed by atoms with Crippen LogP contribution < -0.4 is 11.0 Å². The summed E-state index contributed by atoms with van der Waals surface area (Å²) in [7, 11) is -1.62. The zero-order chi connectivity index (χ0) is 38.6. The molecule has 55 heavy (non-hydrogen) atoms. The van der Waals surface area contributed by atoms with Gasteiger partial charge in [-0.1, -0.05) is 121 Å². The smallest absolute Gasteiger partial charge is 0.351 e. The summed E-state index contributed by atoms with van der Waals surface area (Å²) in [5.74, 6) is 0.480. The first-order valence-corrected chi connectivity index (χ1v) is 20.0. The monoisotopic (exact) mass is 759 g/mol. The molecular weight excluding hydrogens is 709 g/mol. The minimum absolute atomic E-state index is 0.102. The summed E-state index contributed by atoms with van der Waals surface area (Å²) in [6.45, 7) is 9.32. The van der Waals surface area contributed by atoms with Crippen molar-refractivity contribution < 1.29 is 18.5 Å². The highest BCUT2D eigenvalue weighted by Gasteiger charge is 2.45. The third kappa shape index (κ3) is 9.75. The third-order valence-electron chi connectivity index (χ3n) is 9.53. The molecule has 1 aromatic heterocycles. The summed E-state index contributed by atoms with van der Waals surface area (Å²) in [4.78, 5) is 18.0. The molecule has 0 spiro atoms. The fraction of sp³-hybridized carbons (Fsp3) is 0.341. The normalized spacial score (nSPS) is 17.7. The van der Waals surface area contributed by atoms with E-state index in [1.54, 1.807) is 12.3 Å². The van der Waals surface area contributed by atoms with Crippen molar-refractivity contribution in [1.82, 2.24) is 14.2 Å². The van der Waals surface area contributed by atoms with Crippen LogP contribution in [0, 0.1) is 11.3 Å². The molecule has 1 aliphatic rings. The lowest BCUT2D eigenvalue weighted by Gasteiger charge is -2.39. The van der Waals surface area contributed by atoms with E-state index in [-0.39, 0.29) is 31.7 Å². The zero-order valence-electron chi connectivity index (χ0n) is 31.9. The van der Waals surface area contributed by atoms with Gasteiger partial charge in [0.05, 0.1) is 31.8 Å². The van der Waals surface area contributed by atoms with Crippen molar-refractivity contribution in [2.45, 2.75) is 83.2 Å². The Balaban J connectivity index is 1.34. The maximum Gasteiger partial charge on any atom is 0.351 e. The number of ether oxygens (including phenoxy) is 2. The summed E-state index contributed by atoms with van der Waals surface area (Å²) in [5.41, 5.74) is 2.55. The van der Waals surface area contributed by atoms with Crippen LogP contribution in [0.1, 0.15) is 69.0 Å². The molecule has 2 heterocycles. The highest BCUT2D eigenvalue weighted by atomic mass is 31.2. The van der Waals surface area contributed by atoms with Gasteiger partial charge in [-0.05, 0) is 56.0 Å². The van der Waals surface area contributed by atoms with Crippen molar-refractivity contribution in [2.24, 2.45) is 0 Å². The topological polar surface area (TPSA) is 111 Å². The van der Waals surface area contributed by atoms with E-state index in [1.807, 2.05) is 84.9 Å². The van der Waals surface area contributed by atoms with Crippen molar-refractivity contribution in [3.8, 4) is 6.07 Å². The second-order valence-electron chi connectivity index (χ2n) is 14.0. The molecule has 10 nitrogen and oxygen atoms in total. The summed E-state index contributed by atoms with van der Waals surface area (Å²) in [6.07, 6.45) is 0.503. The fourth-order valence-corrected chi connectivity index (χ4v) is 8.80. The zero-order valence-corrected chi connectivity index (χ0v) is 32.8. The molecule has 6 rings (SSSR count). The molecule has 0 bridgehead atoms. The number of aromatic nitrogens is 2. The lowest BCUT2D eigenvalue weighted by molar-refractivity contribution is -0.0925. The van der Waals surface area contributed by atoms with E-state index < -0.39 is 38.3 Å². The van der Waals surface area contributed by atoms with Gasteiger partial charge in [0, 0.05) is 31.2 Å². The highest BCUT2D eigenvalue weighted by molar-refractivity contribution is 7.44. The Bertz CT molecular complexity index is 1910. The van der Waals surface area contributed by atoms with Crippen LogP contribution in [0.15, 0.2) is 138 Å². The Hall–Kier alpha value is -4.72. The van der Waals surface area contributed by atoms with E-state index in [0.29, 0.717) is 18.8 Å². The summed E-state index contributed by atoms with van der Waals surface area (Å²) in [6, 6.07) is 44.7. The van der Waals surface area contributed by atoms with Gasteiger partial charge in [-0.3, -0.25) is 4.57 Å². The van der Waals surface area contributed by atoms with E-state index in [4.69, 9.17) is 18.5 Å². The molecule has 0 saturated carbocycles. The van der Waals surface area contributed by atoms with Gasteiger partial charge in [-0.15, -0.1) is 0 Å². The van der Waals surface area contributed by atoms with Crippen molar-refractivity contribution in [3.63, 3.8) is 0 Å². The van der Waals surface area contributed by atoms with Crippen LogP contribution in [-0.4, -0.2) is 51.7 Å². The minimum atomic E-state index is -1.62. The standard InChI is InChI=1S/C44H50N5O5P/c1-33(2)49(34(3)4)55(52-29-17-27-45)54-39-30-42(48-28-26-41(47-43(48)50)46-31-35-18-9-5-10-19-35)53-40(39)32-51-44(36-20-11-6-12-21-36,37-22-13-7-14-23-37)38-24-15-8-16-25-38/h5-16,18-26,28,33-34,39-40,42H,17,29-32H2,1-4H3,(H,46,47,50)/t39-,40-,42-,55?/m1/s1. The van der Waals surface area contributed by atoms with E-state index in [0.717, 1.165) is 22.3 Å². The van der Waals surface area contributed by atoms with Gasteiger partial charge < -0.3 is 23.8 Å². The van der Waals surface area contributed by atoms with Crippen LogP contribution in [0.3, 0.4) is 0 Å². The summed E-state index contributed by atoms with van der Waals surface area (Å²) < 4.78 is 31.0.